The van der Waals surface area contributed by atoms with Gasteiger partial charge in [-0.15, -0.1) is 0 Å². The number of hydrogen-bond acceptors (Lipinski definition) is 2. The van der Waals surface area contributed by atoms with E-state index in [1.807, 2.05) is 6.07 Å². The van der Waals surface area contributed by atoms with E-state index in [1.165, 1.54) is 0 Å². The van der Waals surface area contributed by atoms with Crippen molar-refractivity contribution in [2.24, 2.45) is 5.92 Å². The predicted molar refractivity (Wildman–Crippen MR) is 71.1 cm³/mol. The SMILES string of the molecule is N#CC1CCCCC1Oc1ccc(Cl)cc1Br. The van der Waals surface area contributed by atoms with Gasteiger partial charge in [0.05, 0.1) is 16.5 Å². The Morgan fingerprint density at radius 1 is 1.35 bits per heavy atom. The second-order valence-corrected chi connectivity index (χ2v) is 5.54. The molecule has 0 aromatic heterocycles. The van der Waals surface area contributed by atoms with Crippen molar-refractivity contribution in [2.45, 2.75) is 31.8 Å². The molecule has 2 atom stereocenters. The van der Waals surface area contributed by atoms with Gasteiger partial charge in [-0.3, -0.25) is 0 Å². The molecule has 0 amide bonds. The van der Waals surface area contributed by atoms with Crippen molar-refractivity contribution in [3.8, 4) is 11.8 Å². The van der Waals surface area contributed by atoms with Crippen LogP contribution in [0.3, 0.4) is 0 Å². The summed E-state index contributed by atoms with van der Waals surface area (Å²) in [5.74, 6) is 0.771. The third-order valence-corrected chi connectivity index (χ3v) is 3.90. The van der Waals surface area contributed by atoms with Gasteiger partial charge in [-0.05, 0) is 53.4 Å². The van der Waals surface area contributed by atoms with E-state index in [4.69, 9.17) is 21.6 Å². The van der Waals surface area contributed by atoms with Crippen molar-refractivity contribution in [3.05, 3.63) is 27.7 Å². The number of nitrogens with zero attached hydrogens (tertiary/aromatic N) is 1. The second kappa shape index (κ2) is 5.75. The summed E-state index contributed by atoms with van der Waals surface area (Å²) >= 11 is 9.30. The molecule has 0 aliphatic heterocycles. The van der Waals surface area contributed by atoms with Gasteiger partial charge in [-0.25, -0.2) is 0 Å². The van der Waals surface area contributed by atoms with E-state index in [0.717, 1.165) is 35.9 Å². The highest BCUT2D eigenvalue weighted by Gasteiger charge is 2.27. The highest BCUT2D eigenvalue weighted by atomic mass is 79.9. The van der Waals surface area contributed by atoms with Crippen LogP contribution in [-0.2, 0) is 0 Å². The third kappa shape index (κ3) is 3.14. The van der Waals surface area contributed by atoms with E-state index < -0.39 is 0 Å². The minimum Gasteiger partial charge on any atom is -0.488 e. The molecular formula is C13H13BrClNO. The quantitative estimate of drug-likeness (QED) is 0.801. The molecule has 4 heteroatoms. The molecule has 0 bridgehead atoms. The molecule has 17 heavy (non-hydrogen) atoms. The lowest BCUT2D eigenvalue weighted by atomic mass is 9.87. The number of nitriles is 1. The first-order valence-corrected chi connectivity index (χ1v) is 6.89. The number of benzene rings is 1. The number of halogens is 2. The molecule has 0 radical (unpaired) electrons. The fourth-order valence-corrected chi connectivity index (χ4v) is 2.90. The van der Waals surface area contributed by atoms with E-state index >= 15 is 0 Å². The van der Waals surface area contributed by atoms with E-state index in [0.29, 0.717) is 5.02 Å². The highest BCUT2D eigenvalue weighted by molar-refractivity contribution is 9.10. The van der Waals surface area contributed by atoms with Crippen LogP contribution < -0.4 is 4.74 Å². The summed E-state index contributed by atoms with van der Waals surface area (Å²) in [6, 6.07) is 7.79. The minimum absolute atomic E-state index is 0.00576. The molecule has 1 aromatic carbocycles. The topological polar surface area (TPSA) is 33.0 Å². The van der Waals surface area contributed by atoms with Gasteiger partial charge < -0.3 is 4.74 Å². The van der Waals surface area contributed by atoms with Crippen LogP contribution in [0.4, 0.5) is 0 Å². The first-order chi connectivity index (χ1) is 8.20. The lowest BCUT2D eigenvalue weighted by molar-refractivity contribution is 0.119. The van der Waals surface area contributed by atoms with Crippen LogP contribution in [0, 0.1) is 17.2 Å². The Bertz CT molecular complexity index is 444. The first-order valence-electron chi connectivity index (χ1n) is 5.72. The predicted octanol–water partition coefficient (Wildman–Crippen LogP) is 4.56. The Hall–Kier alpha value is -0.720. The molecule has 1 saturated carbocycles. The van der Waals surface area contributed by atoms with Gasteiger partial charge in [0.2, 0.25) is 0 Å². The molecule has 0 heterocycles. The van der Waals surface area contributed by atoms with E-state index in [-0.39, 0.29) is 12.0 Å². The second-order valence-electron chi connectivity index (χ2n) is 4.25. The summed E-state index contributed by atoms with van der Waals surface area (Å²) in [7, 11) is 0. The zero-order chi connectivity index (χ0) is 12.3. The number of hydrogen-bond donors (Lipinski definition) is 0. The molecule has 2 nitrogen and oxygen atoms in total. The van der Waals surface area contributed by atoms with Gasteiger partial charge in [0, 0.05) is 5.02 Å². The van der Waals surface area contributed by atoms with Crippen molar-refractivity contribution >= 4 is 27.5 Å². The van der Waals surface area contributed by atoms with E-state index in [9.17, 15) is 0 Å². The van der Waals surface area contributed by atoms with Crippen molar-refractivity contribution in [1.82, 2.24) is 0 Å². The molecule has 0 spiro atoms. The molecule has 0 saturated heterocycles. The number of ether oxygens (including phenoxy) is 1. The van der Waals surface area contributed by atoms with Crippen LogP contribution in [0.2, 0.25) is 5.02 Å². The van der Waals surface area contributed by atoms with Crippen LogP contribution >= 0.6 is 27.5 Å². The Morgan fingerprint density at radius 3 is 2.82 bits per heavy atom. The van der Waals surface area contributed by atoms with E-state index in [1.54, 1.807) is 12.1 Å². The Labute approximate surface area is 115 Å². The molecule has 1 aliphatic rings. The van der Waals surface area contributed by atoms with Crippen molar-refractivity contribution in [2.75, 3.05) is 0 Å². The monoisotopic (exact) mass is 313 g/mol. The summed E-state index contributed by atoms with van der Waals surface area (Å²) in [6.45, 7) is 0. The zero-order valence-corrected chi connectivity index (χ0v) is 11.7. The van der Waals surface area contributed by atoms with Crippen LogP contribution in [0.1, 0.15) is 25.7 Å². The first kappa shape index (κ1) is 12.7. The molecule has 2 rings (SSSR count). The van der Waals surface area contributed by atoms with Gasteiger partial charge in [0.1, 0.15) is 11.9 Å². The molecule has 1 aliphatic carbocycles. The molecule has 2 unspecified atom stereocenters. The van der Waals surface area contributed by atoms with E-state index in [2.05, 4.69) is 22.0 Å². The van der Waals surface area contributed by atoms with Crippen LogP contribution in [-0.4, -0.2) is 6.10 Å². The fraction of sp³-hybridized carbons (Fsp3) is 0.462. The maximum absolute atomic E-state index is 9.09. The lowest BCUT2D eigenvalue weighted by Crippen LogP contribution is -2.29. The largest absolute Gasteiger partial charge is 0.488 e. The molecule has 0 N–H and O–H groups in total. The Balaban J connectivity index is 2.11. The Morgan fingerprint density at radius 2 is 2.12 bits per heavy atom. The van der Waals surface area contributed by atoms with Crippen molar-refractivity contribution in [3.63, 3.8) is 0 Å². The standard InChI is InChI=1S/C13H13BrClNO/c14-11-7-10(15)5-6-13(11)17-12-4-2-1-3-9(12)8-16/h5-7,9,12H,1-4H2. The van der Waals surface area contributed by atoms with Gasteiger partial charge in [0.15, 0.2) is 0 Å². The van der Waals surface area contributed by atoms with Gasteiger partial charge in [0.25, 0.3) is 0 Å². The fourth-order valence-electron chi connectivity index (χ4n) is 2.12. The molecular weight excluding hydrogens is 302 g/mol. The van der Waals surface area contributed by atoms with Crippen molar-refractivity contribution < 1.29 is 4.74 Å². The summed E-state index contributed by atoms with van der Waals surface area (Å²) in [5.41, 5.74) is 0. The summed E-state index contributed by atoms with van der Waals surface area (Å²) in [4.78, 5) is 0. The van der Waals surface area contributed by atoms with Crippen LogP contribution in [0.15, 0.2) is 22.7 Å². The maximum Gasteiger partial charge on any atom is 0.134 e. The average molecular weight is 315 g/mol. The Kier molecular flexibility index (Phi) is 4.31. The highest BCUT2D eigenvalue weighted by Crippen LogP contribution is 2.33. The third-order valence-electron chi connectivity index (χ3n) is 3.04. The zero-order valence-electron chi connectivity index (χ0n) is 9.33. The summed E-state index contributed by atoms with van der Waals surface area (Å²) < 4.78 is 6.76. The van der Waals surface area contributed by atoms with Crippen LogP contribution in [0.5, 0.6) is 5.75 Å². The summed E-state index contributed by atoms with van der Waals surface area (Å²) in [5, 5.41) is 9.76. The molecule has 1 fully saturated rings. The van der Waals surface area contributed by atoms with Crippen LogP contribution in [0.25, 0.3) is 0 Å². The summed E-state index contributed by atoms with van der Waals surface area (Å²) in [6.07, 6.45) is 4.15. The minimum atomic E-state index is 0.00576. The molecule has 1 aromatic rings. The maximum atomic E-state index is 9.09. The van der Waals surface area contributed by atoms with Gasteiger partial charge >= 0.3 is 0 Å². The van der Waals surface area contributed by atoms with Gasteiger partial charge in [-0.1, -0.05) is 18.0 Å². The average Bonchev–Trinajstić information content (AvgIpc) is 2.33. The normalized spacial score (nSPS) is 24.1. The van der Waals surface area contributed by atoms with Gasteiger partial charge in [-0.2, -0.15) is 5.26 Å². The smallest absolute Gasteiger partial charge is 0.134 e. The number of rotatable bonds is 2. The molecule has 90 valence electrons. The lowest BCUT2D eigenvalue weighted by Gasteiger charge is -2.27. The van der Waals surface area contributed by atoms with Crippen molar-refractivity contribution in [1.29, 1.82) is 5.26 Å².